The van der Waals surface area contributed by atoms with E-state index in [1.165, 1.54) is 71.0 Å². The lowest BCUT2D eigenvalue weighted by Gasteiger charge is -2.41. The molecule has 0 aromatic heterocycles. The van der Waals surface area contributed by atoms with Gasteiger partial charge in [-0.1, -0.05) is 33.1 Å². The van der Waals surface area contributed by atoms with Gasteiger partial charge in [0.15, 0.2) is 0 Å². The molecule has 0 radical (unpaired) electrons. The minimum absolute atomic E-state index is 0.797. The Hall–Kier alpha value is -0.0800. The van der Waals surface area contributed by atoms with E-state index in [-0.39, 0.29) is 0 Å². The van der Waals surface area contributed by atoms with Gasteiger partial charge in [0.1, 0.15) is 0 Å². The molecule has 3 rings (SSSR count). The van der Waals surface area contributed by atoms with E-state index < -0.39 is 0 Å². The van der Waals surface area contributed by atoms with Gasteiger partial charge in [0.2, 0.25) is 0 Å². The van der Waals surface area contributed by atoms with Crippen LogP contribution in [0.1, 0.15) is 65.2 Å². The molecule has 2 nitrogen and oxygen atoms in total. The standard InChI is InChI=1S/C18H34N2/c1-3-17-12-19-18(16-7-8-16)13-20(17)10-9-15-6-4-5-14(2)11-15/h14-19H,3-13H2,1-2H3. The third-order valence-electron chi connectivity index (χ3n) is 6.10. The van der Waals surface area contributed by atoms with E-state index in [1.807, 2.05) is 0 Å². The lowest BCUT2D eigenvalue weighted by molar-refractivity contribution is 0.106. The van der Waals surface area contributed by atoms with Crippen LogP contribution in [0, 0.1) is 17.8 Å². The molecule has 2 heteroatoms. The van der Waals surface area contributed by atoms with Crippen LogP contribution < -0.4 is 5.32 Å². The van der Waals surface area contributed by atoms with Gasteiger partial charge in [-0.3, -0.25) is 4.90 Å². The van der Waals surface area contributed by atoms with Crippen LogP contribution in [0.2, 0.25) is 0 Å². The smallest absolute Gasteiger partial charge is 0.0224 e. The molecule has 4 unspecified atom stereocenters. The minimum Gasteiger partial charge on any atom is -0.311 e. The zero-order valence-corrected chi connectivity index (χ0v) is 13.6. The molecule has 0 amide bonds. The van der Waals surface area contributed by atoms with Crippen LogP contribution in [0.3, 0.4) is 0 Å². The Kier molecular flexibility index (Phi) is 5.04. The Bertz CT molecular complexity index is 300. The van der Waals surface area contributed by atoms with Gasteiger partial charge in [-0.2, -0.15) is 0 Å². The summed E-state index contributed by atoms with van der Waals surface area (Å²) in [6.07, 6.45) is 11.7. The molecule has 0 bridgehead atoms. The quantitative estimate of drug-likeness (QED) is 0.825. The van der Waals surface area contributed by atoms with Gasteiger partial charge >= 0.3 is 0 Å². The van der Waals surface area contributed by atoms with Gasteiger partial charge in [-0.05, 0) is 56.4 Å². The van der Waals surface area contributed by atoms with Crippen molar-refractivity contribution in [1.29, 1.82) is 0 Å². The van der Waals surface area contributed by atoms with Crippen molar-refractivity contribution < 1.29 is 0 Å². The van der Waals surface area contributed by atoms with E-state index in [9.17, 15) is 0 Å². The van der Waals surface area contributed by atoms with Crippen LogP contribution in [-0.2, 0) is 0 Å². The summed E-state index contributed by atoms with van der Waals surface area (Å²) in [6, 6.07) is 1.61. The highest BCUT2D eigenvalue weighted by Crippen LogP contribution is 2.35. The molecule has 0 aromatic rings. The fourth-order valence-electron chi connectivity index (χ4n) is 4.54. The predicted octanol–water partition coefficient (Wildman–Crippen LogP) is 3.67. The first-order chi connectivity index (χ1) is 9.76. The highest BCUT2D eigenvalue weighted by atomic mass is 15.2. The maximum Gasteiger partial charge on any atom is 0.0224 e. The van der Waals surface area contributed by atoms with E-state index in [0.717, 1.165) is 29.8 Å². The summed E-state index contributed by atoms with van der Waals surface area (Å²) in [4.78, 5) is 2.83. The SMILES string of the molecule is CCC1CNC(C2CC2)CN1CCC1CCCC(C)C1. The van der Waals surface area contributed by atoms with Gasteiger partial charge in [-0.25, -0.2) is 0 Å². The van der Waals surface area contributed by atoms with Crippen molar-refractivity contribution in [3.8, 4) is 0 Å². The lowest BCUT2D eigenvalue weighted by atomic mass is 9.80. The molecule has 2 aliphatic carbocycles. The molecule has 2 saturated carbocycles. The molecule has 0 spiro atoms. The fraction of sp³-hybridized carbons (Fsp3) is 1.00. The van der Waals surface area contributed by atoms with Gasteiger partial charge in [-0.15, -0.1) is 0 Å². The first-order valence-electron chi connectivity index (χ1n) is 9.23. The average Bonchev–Trinajstić information content (AvgIpc) is 3.29. The number of nitrogens with zero attached hydrogens (tertiary/aromatic N) is 1. The maximum absolute atomic E-state index is 3.82. The van der Waals surface area contributed by atoms with Gasteiger partial charge in [0.05, 0.1) is 0 Å². The van der Waals surface area contributed by atoms with Gasteiger partial charge < -0.3 is 5.32 Å². The first kappa shape index (κ1) is 14.8. The molecule has 1 saturated heterocycles. The summed E-state index contributed by atoms with van der Waals surface area (Å²) in [6.45, 7) is 8.74. The minimum atomic E-state index is 0.797. The molecule has 116 valence electrons. The van der Waals surface area contributed by atoms with Crippen molar-refractivity contribution >= 4 is 0 Å². The van der Waals surface area contributed by atoms with Gasteiger partial charge in [0.25, 0.3) is 0 Å². The summed E-state index contributed by atoms with van der Waals surface area (Å²) >= 11 is 0. The van der Waals surface area contributed by atoms with E-state index >= 15 is 0 Å². The van der Waals surface area contributed by atoms with Crippen molar-refractivity contribution in [2.75, 3.05) is 19.6 Å². The summed E-state index contributed by atoms with van der Waals surface area (Å²) < 4.78 is 0. The monoisotopic (exact) mass is 278 g/mol. The Morgan fingerprint density at radius 3 is 2.70 bits per heavy atom. The molecule has 1 N–H and O–H groups in total. The predicted molar refractivity (Wildman–Crippen MR) is 85.9 cm³/mol. The summed E-state index contributed by atoms with van der Waals surface area (Å²) in [5.74, 6) is 3.01. The second kappa shape index (κ2) is 6.79. The van der Waals surface area contributed by atoms with Crippen LogP contribution in [0.25, 0.3) is 0 Å². The molecule has 3 aliphatic rings. The number of piperazine rings is 1. The first-order valence-corrected chi connectivity index (χ1v) is 9.23. The fourth-order valence-corrected chi connectivity index (χ4v) is 4.54. The zero-order chi connectivity index (χ0) is 13.9. The van der Waals surface area contributed by atoms with E-state index in [0.29, 0.717) is 0 Å². The molecular weight excluding hydrogens is 244 g/mol. The molecule has 3 fully saturated rings. The number of rotatable bonds is 5. The molecule has 1 aliphatic heterocycles. The Morgan fingerprint density at radius 1 is 1.15 bits per heavy atom. The maximum atomic E-state index is 3.82. The Labute approximate surface area is 125 Å². The number of hydrogen-bond acceptors (Lipinski definition) is 2. The van der Waals surface area contributed by atoms with E-state index in [4.69, 9.17) is 0 Å². The van der Waals surface area contributed by atoms with E-state index in [1.54, 1.807) is 0 Å². The average molecular weight is 278 g/mol. The number of hydrogen-bond donors (Lipinski definition) is 1. The Balaban J connectivity index is 1.47. The van der Waals surface area contributed by atoms with Crippen molar-refractivity contribution in [2.24, 2.45) is 17.8 Å². The number of nitrogens with one attached hydrogen (secondary N) is 1. The largest absolute Gasteiger partial charge is 0.311 e. The topological polar surface area (TPSA) is 15.3 Å². The van der Waals surface area contributed by atoms with Crippen molar-refractivity contribution in [2.45, 2.75) is 77.3 Å². The van der Waals surface area contributed by atoms with Crippen LogP contribution in [0.15, 0.2) is 0 Å². The molecule has 4 atom stereocenters. The van der Waals surface area contributed by atoms with Gasteiger partial charge in [0, 0.05) is 25.2 Å². The normalized spacial score (nSPS) is 39.9. The van der Waals surface area contributed by atoms with Crippen LogP contribution in [0.4, 0.5) is 0 Å². The van der Waals surface area contributed by atoms with Crippen molar-refractivity contribution in [1.82, 2.24) is 10.2 Å². The lowest BCUT2D eigenvalue weighted by Crippen LogP contribution is -2.57. The van der Waals surface area contributed by atoms with Crippen LogP contribution in [0.5, 0.6) is 0 Å². The highest BCUT2D eigenvalue weighted by Gasteiger charge is 2.36. The third-order valence-corrected chi connectivity index (χ3v) is 6.10. The molecule has 1 heterocycles. The summed E-state index contributed by atoms with van der Waals surface area (Å²) in [7, 11) is 0. The molecular formula is C18H34N2. The van der Waals surface area contributed by atoms with Crippen molar-refractivity contribution in [3.63, 3.8) is 0 Å². The van der Waals surface area contributed by atoms with E-state index in [2.05, 4.69) is 24.1 Å². The van der Waals surface area contributed by atoms with Crippen LogP contribution in [-0.4, -0.2) is 36.6 Å². The zero-order valence-electron chi connectivity index (χ0n) is 13.6. The molecule has 0 aromatic carbocycles. The Morgan fingerprint density at radius 2 is 2.00 bits per heavy atom. The van der Waals surface area contributed by atoms with Crippen LogP contribution >= 0.6 is 0 Å². The molecule has 20 heavy (non-hydrogen) atoms. The summed E-state index contributed by atoms with van der Waals surface area (Å²) in [5, 5.41) is 3.82. The second-order valence-corrected chi connectivity index (χ2v) is 7.84. The second-order valence-electron chi connectivity index (χ2n) is 7.84. The van der Waals surface area contributed by atoms with Crippen molar-refractivity contribution in [3.05, 3.63) is 0 Å². The highest BCUT2D eigenvalue weighted by molar-refractivity contribution is 4.94. The third kappa shape index (κ3) is 3.76. The summed E-state index contributed by atoms with van der Waals surface area (Å²) in [5.41, 5.74) is 0.